The predicted molar refractivity (Wildman–Crippen MR) is 127 cm³/mol. The number of thiophene rings is 1. The normalized spacial score (nSPS) is 21.8. The molecule has 13 heteroatoms. The number of morpholine rings is 1. The Bertz CT molecular complexity index is 1070. The maximum Gasteiger partial charge on any atom is 0.414 e. The molecular weight excluding hydrogens is 540 g/mol. The minimum Gasteiger partial charge on any atom is -0.409 e. The van der Waals surface area contributed by atoms with E-state index in [0.29, 0.717) is 47.1 Å². The summed E-state index contributed by atoms with van der Waals surface area (Å²) in [5.41, 5.74) is -0.223. The summed E-state index contributed by atoms with van der Waals surface area (Å²) in [5.74, 6) is -0.111. The summed E-state index contributed by atoms with van der Waals surface area (Å²) in [6, 6.07) is 8.38. The third-order valence-electron chi connectivity index (χ3n) is 5.15. The third-order valence-corrected chi connectivity index (χ3v) is 6.96. The number of carbonyl (C=O) groups excluding carboxylic acids is 2. The molecule has 2 saturated heterocycles. The van der Waals surface area contributed by atoms with Gasteiger partial charge in [-0.3, -0.25) is 4.79 Å². The van der Waals surface area contributed by atoms with E-state index < -0.39 is 17.5 Å². The van der Waals surface area contributed by atoms with Gasteiger partial charge in [-0.05, 0) is 46.3 Å². The Hall–Kier alpha value is -2.38. The molecule has 4 rings (SSSR count). The molecule has 0 radical (unpaired) electrons. The standard InChI is InChI=1S/C20H20BrClN4O6S/c21-15-3-4-17(33-15)32-19(28)24-20(5-7-31-11-20)18(27)23-12-1-2-14(13(22)9-12)26-6-8-30-10-16(26)25-29/h1-4,9,29H,5-8,10-11H2,(H,23,27)(H,24,28). The largest absolute Gasteiger partial charge is 0.414 e. The van der Waals surface area contributed by atoms with Crippen LogP contribution in [0.5, 0.6) is 5.06 Å². The molecule has 0 spiro atoms. The number of rotatable bonds is 5. The fourth-order valence-electron chi connectivity index (χ4n) is 3.49. The molecule has 1 unspecified atom stereocenters. The Morgan fingerprint density at radius 3 is 2.79 bits per heavy atom. The number of nitrogens with zero attached hydrogens (tertiary/aromatic N) is 2. The van der Waals surface area contributed by atoms with Gasteiger partial charge in [-0.2, -0.15) is 0 Å². The highest BCUT2D eigenvalue weighted by Gasteiger charge is 2.44. The van der Waals surface area contributed by atoms with Crippen LogP contribution in [0.25, 0.3) is 0 Å². The van der Waals surface area contributed by atoms with E-state index in [0.717, 1.165) is 3.79 Å². The smallest absolute Gasteiger partial charge is 0.409 e. The lowest BCUT2D eigenvalue weighted by molar-refractivity contribution is -0.122. The molecule has 0 aliphatic carbocycles. The van der Waals surface area contributed by atoms with Crippen LogP contribution in [0.3, 0.4) is 0 Å². The number of anilines is 2. The first kappa shape index (κ1) is 23.8. The molecule has 2 aliphatic rings. The van der Waals surface area contributed by atoms with Gasteiger partial charge in [0.25, 0.3) is 5.91 Å². The molecule has 33 heavy (non-hydrogen) atoms. The minimum absolute atomic E-state index is 0.0119. The van der Waals surface area contributed by atoms with Crippen LogP contribution in [-0.2, 0) is 14.3 Å². The van der Waals surface area contributed by atoms with Crippen molar-refractivity contribution in [1.29, 1.82) is 0 Å². The molecule has 3 heterocycles. The van der Waals surface area contributed by atoms with Crippen LogP contribution in [-0.4, -0.2) is 61.6 Å². The fourth-order valence-corrected chi connectivity index (χ4v) is 4.96. The molecule has 2 fully saturated rings. The summed E-state index contributed by atoms with van der Waals surface area (Å²) in [7, 11) is 0. The highest BCUT2D eigenvalue weighted by Crippen LogP contribution is 2.32. The van der Waals surface area contributed by atoms with E-state index in [1.165, 1.54) is 11.3 Å². The average molecular weight is 560 g/mol. The van der Waals surface area contributed by atoms with Crippen LogP contribution < -0.4 is 20.3 Å². The molecule has 3 N–H and O–H groups in total. The zero-order valence-electron chi connectivity index (χ0n) is 17.2. The number of halogens is 2. The SMILES string of the molecule is O=C(NC1(C(=O)Nc2ccc(N3CCOCC3=NO)c(Cl)c2)CCOC1)Oc1ccc(Br)s1. The molecule has 1 atom stereocenters. The van der Waals surface area contributed by atoms with Gasteiger partial charge in [-0.15, -0.1) is 0 Å². The number of hydrogen-bond donors (Lipinski definition) is 3. The molecule has 1 aromatic heterocycles. The zero-order chi connectivity index (χ0) is 23.4. The molecule has 0 bridgehead atoms. The lowest BCUT2D eigenvalue weighted by Gasteiger charge is -2.30. The second-order valence-corrected chi connectivity index (χ2v) is 10.1. The number of nitrogens with one attached hydrogen (secondary N) is 2. The van der Waals surface area contributed by atoms with Crippen molar-refractivity contribution in [3.05, 3.63) is 39.1 Å². The van der Waals surface area contributed by atoms with Gasteiger partial charge in [0.2, 0.25) is 0 Å². The van der Waals surface area contributed by atoms with Crippen LogP contribution in [0, 0.1) is 0 Å². The maximum absolute atomic E-state index is 13.1. The molecule has 2 aromatic rings. The van der Waals surface area contributed by atoms with Crippen molar-refractivity contribution < 1.29 is 29.0 Å². The summed E-state index contributed by atoms with van der Waals surface area (Å²) in [6.07, 6.45) is -0.459. The van der Waals surface area contributed by atoms with Gasteiger partial charge in [0, 0.05) is 25.3 Å². The molecule has 2 amide bonds. The number of amides is 2. The predicted octanol–water partition coefficient (Wildman–Crippen LogP) is 3.67. The van der Waals surface area contributed by atoms with E-state index in [1.54, 1.807) is 35.2 Å². The quantitative estimate of drug-likeness (QED) is 0.377. The molecule has 10 nitrogen and oxygen atoms in total. The number of ether oxygens (including phenoxy) is 3. The van der Waals surface area contributed by atoms with Crippen molar-refractivity contribution in [3.63, 3.8) is 0 Å². The Morgan fingerprint density at radius 2 is 2.12 bits per heavy atom. The highest BCUT2D eigenvalue weighted by molar-refractivity contribution is 9.11. The van der Waals surface area contributed by atoms with Crippen LogP contribution in [0.4, 0.5) is 16.2 Å². The number of carbonyl (C=O) groups is 2. The van der Waals surface area contributed by atoms with E-state index >= 15 is 0 Å². The molecule has 0 saturated carbocycles. The van der Waals surface area contributed by atoms with Gasteiger partial charge in [0.1, 0.15) is 12.1 Å². The fraction of sp³-hybridized carbons (Fsp3) is 0.350. The zero-order valence-corrected chi connectivity index (χ0v) is 20.3. The Labute approximate surface area is 206 Å². The monoisotopic (exact) mass is 558 g/mol. The first-order valence-electron chi connectivity index (χ1n) is 9.90. The van der Waals surface area contributed by atoms with E-state index in [4.69, 9.17) is 25.8 Å². The van der Waals surface area contributed by atoms with Crippen molar-refractivity contribution in [2.24, 2.45) is 5.16 Å². The van der Waals surface area contributed by atoms with E-state index in [-0.39, 0.29) is 19.6 Å². The van der Waals surface area contributed by atoms with Gasteiger partial charge >= 0.3 is 6.09 Å². The topological polar surface area (TPSA) is 122 Å². The van der Waals surface area contributed by atoms with Gasteiger partial charge in [0.05, 0.1) is 27.7 Å². The lowest BCUT2D eigenvalue weighted by atomic mass is 9.97. The third kappa shape index (κ3) is 5.41. The van der Waals surface area contributed by atoms with Crippen molar-refractivity contribution in [3.8, 4) is 5.06 Å². The van der Waals surface area contributed by atoms with E-state index in [2.05, 4.69) is 31.7 Å². The van der Waals surface area contributed by atoms with Crippen LogP contribution in [0.2, 0.25) is 5.02 Å². The summed E-state index contributed by atoms with van der Waals surface area (Å²) in [5, 5.41) is 18.7. The van der Waals surface area contributed by atoms with Gasteiger partial charge < -0.3 is 35.0 Å². The van der Waals surface area contributed by atoms with Crippen molar-refractivity contribution in [1.82, 2.24) is 5.32 Å². The lowest BCUT2D eigenvalue weighted by Crippen LogP contribution is -2.58. The average Bonchev–Trinajstić information content (AvgIpc) is 3.43. The summed E-state index contributed by atoms with van der Waals surface area (Å²) < 4.78 is 16.8. The van der Waals surface area contributed by atoms with E-state index in [1.807, 2.05) is 0 Å². The second kappa shape index (κ2) is 10.3. The van der Waals surface area contributed by atoms with Crippen LogP contribution in [0.1, 0.15) is 6.42 Å². The molecule has 176 valence electrons. The molecular formula is C20H20BrClN4O6S. The Balaban J connectivity index is 1.46. The molecule has 1 aromatic carbocycles. The van der Waals surface area contributed by atoms with Gasteiger partial charge in [-0.25, -0.2) is 4.79 Å². The van der Waals surface area contributed by atoms with Crippen molar-refractivity contribution in [2.45, 2.75) is 12.0 Å². The van der Waals surface area contributed by atoms with E-state index in [9.17, 15) is 14.8 Å². The van der Waals surface area contributed by atoms with Gasteiger partial charge in [0.15, 0.2) is 10.9 Å². The van der Waals surface area contributed by atoms with Crippen molar-refractivity contribution >= 4 is 68.1 Å². The summed E-state index contributed by atoms with van der Waals surface area (Å²) in [4.78, 5) is 27.3. The number of benzene rings is 1. The summed E-state index contributed by atoms with van der Waals surface area (Å²) >= 11 is 11.0. The summed E-state index contributed by atoms with van der Waals surface area (Å²) in [6.45, 7) is 1.42. The highest BCUT2D eigenvalue weighted by atomic mass is 79.9. The maximum atomic E-state index is 13.1. The van der Waals surface area contributed by atoms with Crippen LogP contribution in [0.15, 0.2) is 39.3 Å². The Morgan fingerprint density at radius 1 is 1.27 bits per heavy atom. The van der Waals surface area contributed by atoms with Crippen molar-refractivity contribution in [2.75, 3.05) is 43.2 Å². The number of amidine groups is 1. The molecule has 2 aliphatic heterocycles. The first-order chi connectivity index (χ1) is 15.9. The number of oxime groups is 1. The number of hydrogen-bond acceptors (Lipinski definition) is 8. The van der Waals surface area contributed by atoms with Crippen LogP contribution >= 0.6 is 38.9 Å². The Kier molecular flexibility index (Phi) is 7.39. The first-order valence-corrected chi connectivity index (χ1v) is 11.9. The second-order valence-electron chi connectivity index (χ2n) is 7.30. The van der Waals surface area contributed by atoms with Gasteiger partial charge in [-0.1, -0.05) is 28.1 Å². The minimum atomic E-state index is -1.28.